The van der Waals surface area contributed by atoms with Crippen molar-refractivity contribution >= 4 is 18.5 Å². The van der Waals surface area contributed by atoms with E-state index in [-0.39, 0.29) is 36.2 Å². The molecule has 0 aromatic carbocycles. The van der Waals surface area contributed by atoms with Gasteiger partial charge in [0.2, 0.25) is 0 Å². The number of halogens is 1. The number of hydrogen-bond acceptors (Lipinski definition) is 3. The Labute approximate surface area is 141 Å². The molecule has 0 radical (unpaired) electrons. The van der Waals surface area contributed by atoms with Crippen molar-refractivity contribution in [3.63, 3.8) is 0 Å². The minimum atomic E-state index is -0.295. The summed E-state index contributed by atoms with van der Waals surface area (Å²) >= 11 is 0. The largest absolute Gasteiger partial charge is 0.446 e. The van der Waals surface area contributed by atoms with Crippen LogP contribution < -0.4 is 11.1 Å². The Morgan fingerprint density at radius 1 is 1.32 bits per heavy atom. The quantitative estimate of drug-likeness (QED) is 0.824. The first-order valence-corrected chi connectivity index (χ1v) is 8.55. The first kappa shape index (κ1) is 19.6. The van der Waals surface area contributed by atoms with Crippen molar-refractivity contribution in [3.05, 3.63) is 0 Å². The highest BCUT2D eigenvalue weighted by atomic mass is 35.5. The third-order valence-corrected chi connectivity index (χ3v) is 5.52. The van der Waals surface area contributed by atoms with Gasteiger partial charge in [-0.15, -0.1) is 12.4 Å². The van der Waals surface area contributed by atoms with Gasteiger partial charge in [0.25, 0.3) is 0 Å². The minimum Gasteiger partial charge on any atom is -0.446 e. The molecule has 2 fully saturated rings. The first-order valence-electron chi connectivity index (χ1n) is 8.55. The van der Waals surface area contributed by atoms with E-state index in [0.717, 1.165) is 32.1 Å². The number of carbonyl (C=O) groups is 1. The minimum absolute atomic E-state index is 0. The molecule has 2 saturated carbocycles. The molecule has 0 spiro atoms. The summed E-state index contributed by atoms with van der Waals surface area (Å²) in [6.45, 7) is 8.72. The molecule has 3 unspecified atom stereocenters. The average Bonchev–Trinajstić information content (AvgIpc) is 2.68. The maximum Gasteiger partial charge on any atom is 0.407 e. The van der Waals surface area contributed by atoms with E-state index >= 15 is 0 Å². The lowest BCUT2D eigenvalue weighted by Gasteiger charge is -2.37. The van der Waals surface area contributed by atoms with E-state index in [1.54, 1.807) is 0 Å². The van der Waals surface area contributed by atoms with Gasteiger partial charge in [-0.3, -0.25) is 0 Å². The third-order valence-electron chi connectivity index (χ3n) is 5.52. The van der Waals surface area contributed by atoms with Gasteiger partial charge in [0.05, 0.1) is 0 Å². The number of amides is 1. The summed E-state index contributed by atoms with van der Waals surface area (Å²) in [7, 11) is 0. The number of alkyl carbamates (subject to hydrolysis) is 1. The summed E-state index contributed by atoms with van der Waals surface area (Å²) in [6.07, 6.45) is 6.17. The highest BCUT2D eigenvalue weighted by Crippen LogP contribution is 2.35. The van der Waals surface area contributed by atoms with Gasteiger partial charge in [-0.2, -0.15) is 0 Å². The van der Waals surface area contributed by atoms with E-state index in [1.165, 1.54) is 6.42 Å². The molecule has 0 bridgehead atoms. The Hall–Kier alpha value is -0.480. The average molecular weight is 333 g/mol. The van der Waals surface area contributed by atoms with Crippen molar-refractivity contribution in [3.8, 4) is 0 Å². The molecule has 2 aliphatic rings. The lowest BCUT2D eigenvalue weighted by atomic mass is 9.75. The highest BCUT2D eigenvalue weighted by Gasteiger charge is 2.38. The molecule has 2 aliphatic carbocycles. The Balaban J connectivity index is 0.00000242. The van der Waals surface area contributed by atoms with Gasteiger partial charge in [0, 0.05) is 11.6 Å². The molecule has 22 heavy (non-hydrogen) atoms. The van der Waals surface area contributed by atoms with Crippen molar-refractivity contribution in [2.45, 2.75) is 83.9 Å². The van der Waals surface area contributed by atoms with Crippen LogP contribution in [0.2, 0.25) is 0 Å². The molecule has 0 saturated heterocycles. The van der Waals surface area contributed by atoms with Crippen molar-refractivity contribution < 1.29 is 9.53 Å². The molecular weight excluding hydrogens is 300 g/mol. The van der Waals surface area contributed by atoms with Crippen LogP contribution in [-0.2, 0) is 4.74 Å². The predicted octanol–water partition coefficient (Wildman–Crippen LogP) is 3.87. The lowest BCUT2D eigenvalue weighted by molar-refractivity contribution is 0.00424. The van der Waals surface area contributed by atoms with E-state index in [1.807, 2.05) is 6.92 Å². The number of nitrogens with one attached hydrogen (secondary N) is 1. The van der Waals surface area contributed by atoms with Crippen molar-refractivity contribution in [2.75, 3.05) is 0 Å². The van der Waals surface area contributed by atoms with Crippen LogP contribution in [0.15, 0.2) is 0 Å². The van der Waals surface area contributed by atoms with Gasteiger partial charge in [0.1, 0.15) is 6.10 Å². The topological polar surface area (TPSA) is 64.3 Å². The van der Waals surface area contributed by atoms with Gasteiger partial charge >= 0.3 is 6.09 Å². The van der Waals surface area contributed by atoms with Gasteiger partial charge in [-0.25, -0.2) is 4.79 Å². The molecule has 0 aliphatic heterocycles. The summed E-state index contributed by atoms with van der Waals surface area (Å²) in [5.41, 5.74) is 5.94. The van der Waals surface area contributed by atoms with E-state index in [0.29, 0.717) is 17.8 Å². The first-order chi connectivity index (χ1) is 9.79. The second kappa shape index (κ2) is 7.87. The van der Waals surface area contributed by atoms with Crippen LogP contribution in [0, 0.1) is 17.8 Å². The molecule has 2 rings (SSSR count). The van der Waals surface area contributed by atoms with E-state index in [2.05, 4.69) is 26.1 Å². The Bertz CT molecular complexity index is 374. The second-order valence-electron chi connectivity index (χ2n) is 7.86. The maximum atomic E-state index is 12.2. The molecule has 4 nitrogen and oxygen atoms in total. The van der Waals surface area contributed by atoms with E-state index in [9.17, 15) is 4.79 Å². The van der Waals surface area contributed by atoms with Crippen LogP contribution in [0.5, 0.6) is 0 Å². The lowest BCUT2D eigenvalue weighted by Crippen LogP contribution is -2.53. The predicted molar refractivity (Wildman–Crippen MR) is 92.2 cm³/mol. The molecule has 0 aromatic heterocycles. The second-order valence-corrected chi connectivity index (χ2v) is 7.86. The molecule has 130 valence electrons. The highest BCUT2D eigenvalue weighted by molar-refractivity contribution is 5.85. The Kier molecular flexibility index (Phi) is 7.00. The van der Waals surface area contributed by atoms with Gasteiger partial charge in [0.15, 0.2) is 0 Å². The smallest absolute Gasteiger partial charge is 0.407 e. The Morgan fingerprint density at radius 3 is 2.55 bits per heavy atom. The molecule has 5 heteroatoms. The van der Waals surface area contributed by atoms with Crippen LogP contribution in [-0.4, -0.2) is 23.8 Å². The van der Waals surface area contributed by atoms with Crippen LogP contribution in [0.4, 0.5) is 4.79 Å². The number of nitrogens with two attached hydrogens (primary N) is 1. The summed E-state index contributed by atoms with van der Waals surface area (Å²) in [4.78, 5) is 12.2. The van der Waals surface area contributed by atoms with Crippen molar-refractivity contribution in [1.82, 2.24) is 5.32 Å². The summed E-state index contributed by atoms with van der Waals surface area (Å²) in [5, 5.41) is 3.00. The number of hydrogen-bond donors (Lipinski definition) is 2. The normalized spacial score (nSPS) is 38.5. The van der Waals surface area contributed by atoms with Gasteiger partial charge < -0.3 is 15.8 Å². The fraction of sp³-hybridized carbons (Fsp3) is 0.941. The van der Waals surface area contributed by atoms with Crippen LogP contribution in [0.3, 0.4) is 0 Å². The van der Waals surface area contributed by atoms with Gasteiger partial charge in [-0.1, -0.05) is 27.2 Å². The Morgan fingerprint density at radius 2 is 2.00 bits per heavy atom. The third kappa shape index (κ3) is 4.76. The summed E-state index contributed by atoms with van der Waals surface area (Å²) in [5.74, 6) is 1.69. The zero-order chi connectivity index (χ0) is 15.6. The van der Waals surface area contributed by atoms with Crippen LogP contribution in [0.25, 0.3) is 0 Å². The fourth-order valence-corrected chi connectivity index (χ4v) is 3.99. The van der Waals surface area contributed by atoms with Crippen LogP contribution in [0.1, 0.15) is 66.2 Å². The number of rotatable bonds is 3. The van der Waals surface area contributed by atoms with E-state index in [4.69, 9.17) is 10.5 Å². The monoisotopic (exact) mass is 332 g/mol. The van der Waals surface area contributed by atoms with Crippen molar-refractivity contribution in [2.24, 2.45) is 23.5 Å². The molecule has 3 N–H and O–H groups in total. The molecule has 0 aromatic rings. The number of ether oxygens (including phenoxy) is 1. The SMILES string of the molecule is CC1CC[C@H](C(C)C)[C@H](OC(=O)NC2CCCC2(C)N)C1.Cl. The zero-order valence-electron chi connectivity index (χ0n) is 14.4. The fourth-order valence-electron chi connectivity index (χ4n) is 3.99. The zero-order valence-corrected chi connectivity index (χ0v) is 15.2. The van der Waals surface area contributed by atoms with E-state index < -0.39 is 0 Å². The standard InChI is InChI=1S/C17H32N2O2.ClH/c1-11(2)13-8-7-12(3)10-14(13)21-16(20)19-15-6-5-9-17(15,4)18;/h11-15H,5-10,18H2,1-4H3,(H,19,20);1H/t12?,13-,14-,15?,17?;/m1./s1. The molecule has 1 amide bonds. The molecular formula is C17H33ClN2O2. The van der Waals surface area contributed by atoms with Crippen molar-refractivity contribution in [1.29, 1.82) is 0 Å². The van der Waals surface area contributed by atoms with Gasteiger partial charge in [-0.05, 0) is 56.8 Å². The maximum absolute atomic E-state index is 12.2. The molecule has 0 heterocycles. The number of carbonyl (C=O) groups excluding carboxylic acids is 1. The summed E-state index contributed by atoms with van der Waals surface area (Å²) < 4.78 is 5.79. The van der Waals surface area contributed by atoms with Crippen LogP contribution >= 0.6 is 12.4 Å². The molecule has 5 atom stereocenters. The summed E-state index contributed by atoms with van der Waals surface area (Å²) in [6, 6.07) is 0.0449.